The average Bonchev–Trinajstić information content (AvgIpc) is 2.24. The van der Waals surface area contributed by atoms with Crippen LogP contribution in [0.4, 0.5) is 5.69 Å². The van der Waals surface area contributed by atoms with Crippen molar-refractivity contribution in [3.8, 4) is 6.07 Å². The van der Waals surface area contributed by atoms with E-state index in [1.165, 1.54) is 13.0 Å². The molecule has 0 aliphatic rings. The van der Waals surface area contributed by atoms with Crippen LogP contribution >= 0.6 is 27.5 Å². The van der Waals surface area contributed by atoms with Crippen LogP contribution in [0.25, 0.3) is 0 Å². The van der Waals surface area contributed by atoms with Gasteiger partial charge in [0.2, 0.25) is 10.0 Å². The molecule has 0 amide bonds. The summed E-state index contributed by atoms with van der Waals surface area (Å²) in [5, 5.41) is 7.93. The molecule has 1 aromatic carbocycles. The third kappa shape index (κ3) is 3.35. The molecular formula is C10H10BrClN2O2S. The number of hydrogen-bond donors (Lipinski definition) is 1. The Balaban J connectivity index is 3.14. The summed E-state index contributed by atoms with van der Waals surface area (Å²) >= 11 is 9.14. The second-order valence-corrected chi connectivity index (χ2v) is 6.76. The zero-order chi connectivity index (χ0) is 13.2. The van der Waals surface area contributed by atoms with E-state index in [1.54, 1.807) is 12.1 Å². The Morgan fingerprint density at radius 2 is 2.12 bits per heavy atom. The Hall–Kier alpha value is -0.770. The van der Waals surface area contributed by atoms with Crippen molar-refractivity contribution in [2.45, 2.75) is 19.1 Å². The molecule has 0 bridgehead atoms. The first kappa shape index (κ1) is 14.3. The minimum absolute atomic E-state index is 0.322. The van der Waals surface area contributed by atoms with Crippen molar-refractivity contribution in [2.75, 3.05) is 4.72 Å². The van der Waals surface area contributed by atoms with Gasteiger partial charge in [-0.15, -0.1) is 0 Å². The van der Waals surface area contributed by atoms with Crippen LogP contribution in [0.5, 0.6) is 0 Å². The van der Waals surface area contributed by atoms with Crippen molar-refractivity contribution in [3.63, 3.8) is 0 Å². The number of benzene rings is 1. The summed E-state index contributed by atoms with van der Waals surface area (Å²) in [5.41, 5.74) is 1.15. The summed E-state index contributed by atoms with van der Waals surface area (Å²) in [6, 6.07) is 4.88. The standard InChI is InChI=1S/C10H10BrClN2O2S/c1-6-3-8(11)10(4-9(6)12)14-17(15,16)7(2)5-13/h3-4,7,14H,1-2H3. The molecule has 1 unspecified atom stereocenters. The number of nitriles is 1. The molecule has 0 aliphatic heterocycles. The first-order valence-electron chi connectivity index (χ1n) is 4.65. The van der Waals surface area contributed by atoms with Gasteiger partial charge in [-0.3, -0.25) is 4.72 Å². The number of halogens is 2. The minimum Gasteiger partial charge on any atom is -0.281 e. The monoisotopic (exact) mass is 336 g/mol. The summed E-state index contributed by atoms with van der Waals surface area (Å²) in [6.45, 7) is 3.12. The van der Waals surface area contributed by atoms with E-state index in [2.05, 4.69) is 20.7 Å². The van der Waals surface area contributed by atoms with Crippen LogP contribution in [-0.2, 0) is 10.0 Å². The van der Waals surface area contributed by atoms with E-state index in [-0.39, 0.29) is 0 Å². The topological polar surface area (TPSA) is 70.0 Å². The summed E-state index contributed by atoms with van der Waals surface area (Å²) in [4.78, 5) is 0. The molecule has 0 saturated carbocycles. The van der Waals surface area contributed by atoms with Crippen LogP contribution < -0.4 is 4.72 Å². The van der Waals surface area contributed by atoms with E-state index in [9.17, 15) is 8.42 Å². The molecule has 1 aromatic rings. The molecule has 0 saturated heterocycles. The summed E-state index contributed by atoms with van der Waals surface area (Å²) < 4.78 is 26.3. The predicted molar refractivity (Wildman–Crippen MR) is 71.5 cm³/mol. The van der Waals surface area contributed by atoms with E-state index in [0.29, 0.717) is 15.2 Å². The quantitative estimate of drug-likeness (QED) is 0.921. The number of nitrogens with one attached hydrogen (secondary N) is 1. The molecule has 0 heterocycles. The first-order chi connectivity index (χ1) is 7.77. The molecule has 7 heteroatoms. The van der Waals surface area contributed by atoms with Gasteiger partial charge < -0.3 is 0 Å². The number of nitrogens with zero attached hydrogens (tertiary/aromatic N) is 1. The molecule has 1 atom stereocenters. The lowest BCUT2D eigenvalue weighted by Crippen LogP contribution is -2.24. The SMILES string of the molecule is Cc1cc(Br)c(NS(=O)(=O)C(C)C#N)cc1Cl. The molecule has 17 heavy (non-hydrogen) atoms. The van der Waals surface area contributed by atoms with Crippen molar-refractivity contribution in [2.24, 2.45) is 0 Å². The van der Waals surface area contributed by atoms with Gasteiger partial charge in [-0.2, -0.15) is 5.26 Å². The van der Waals surface area contributed by atoms with Gasteiger partial charge >= 0.3 is 0 Å². The third-order valence-electron chi connectivity index (χ3n) is 2.15. The highest BCUT2D eigenvalue weighted by molar-refractivity contribution is 9.10. The zero-order valence-corrected chi connectivity index (χ0v) is 12.3. The van der Waals surface area contributed by atoms with Crippen LogP contribution in [0, 0.1) is 18.3 Å². The molecule has 0 aromatic heterocycles. The molecule has 0 fully saturated rings. The Kier molecular flexibility index (Phi) is 4.42. The Labute approximate surface area is 114 Å². The highest BCUT2D eigenvalue weighted by Gasteiger charge is 2.21. The van der Waals surface area contributed by atoms with Gasteiger partial charge in [0.25, 0.3) is 0 Å². The molecule has 1 N–H and O–H groups in total. The van der Waals surface area contributed by atoms with Gasteiger partial charge in [-0.25, -0.2) is 8.42 Å². The van der Waals surface area contributed by atoms with Crippen molar-refractivity contribution in [1.82, 2.24) is 0 Å². The van der Waals surface area contributed by atoms with Gasteiger partial charge in [0.05, 0.1) is 11.8 Å². The Morgan fingerprint density at radius 1 is 1.53 bits per heavy atom. The van der Waals surface area contributed by atoms with E-state index < -0.39 is 15.3 Å². The molecule has 92 valence electrons. The summed E-state index contributed by atoms with van der Waals surface area (Å²) in [7, 11) is -3.72. The van der Waals surface area contributed by atoms with Crippen LogP contribution in [0.1, 0.15) is 12.5 Å². The zero-order valence-electron chi connectivity index (χ0n) is 9.16. The lowest BCUT2D eigenvalue weighted by Gasteiger charge is -2.12. The Bertz CT molecular complexity index is 581. The average molecular weight is 338 g/mol. The van der Waals surface area contributed by atoms with E-state index in [0.717, 1.165) is 5.56 Å². The van der Waals surface area contributed by atoms with Gasteiger partial charge in [0.15, 0.2) is 5.25 Å². The summed E-state index contributed by atoms with van der Waals surface area (Å²) in [5.74, 6) is 0. The van der Waals surface area contributed by atoms with Crippen LogP contribution in [0.2, 0.25) is 5.02 Å². The number of anilines is 1. The first-order valence-corrected chi connectivity index (χ1v) is 7.36. The number of sulfonamides is 1. The number of hydrogen-bond acceptors (Lipinski definition) is 3. The minimum atomic E-state index is -3.72. The molecule has 4 nitrogen and oxygen atoms in total. The fraction of sp³-hybridized carbons (Fsp3) is 0.300. The molecule has 0 spiro atoms. The maximum absolute atomic E-state index is 11.7. The van der Waals surface area contributed by atoms with Crippen LogP contribution in [0.15, 0.2) is 16.6 Å². The fourth-order valence-corrected chi connectivity index (χ4v) is 2.68. The highest BCUT2D eigenvalue weighted by Crippen LogP contribution is 2.30. The van der Waals surface area contributed by atoms with E-state index >= 15 is 0 Å². The molecular weight excluding hydrogens is 328 g/mol. The largest absolute Gasteiger partial charge is 0.281 e. The van der Waals surface area contributed by atoms with Crippen molar-refractivity contribution >= 4 is 43.2 Å². The lowest BCUT2D eigenvalue weighted by atomic mass is 10.2. The lowest BCUT2D eigenvalue weighted by molar-refractivity contribution is 0.597. The maximum atomic E-state index is 11.7. The van der Waals surface area contributed by atoms with Gasteiger partial charge in [0.1, 0.15) is 0 Å². The summed E-state index contributed by atoms with van der Waals surface area (Å²) in [6.07, 6.45) is 0. The van der Waals surface area contributed by atoms with Crippen molar-refractivity contribution < 1.29 is 8.42 Å². The van der Waals surface area contributed by atoms with Crippen molar-refractivity contribution in [3.05, 3.63) is 27.2 Å². The normalized spacial score (nSPS) is 12.9. The Morgan fingerprint density at radius 3 is 2.65 bits per heavy atom. The number of aryl methyl sites for hydroxylation is 1. The predicted octanol–water partition coefficient (Wildman–Crippen LogP) is 3.06. The molecule has 0 aliphatic carbocycles. The molecule has 0 radical (unpaired) electrons. The van der Waals surface area contributed by atoms with Gasteiger partial charge in [-0.1, -0.05) is 11.6 Å². The van der Waals surface area contributed by atoms with Crippen LogP contribution in [0.3, 0.4) is 0 Å². The van der Waals surface area contributed by atoms with Gasteiger partial charge in [0, 0.05) is 9.50 Å². The smallest absolute Gasteiger partial charge is 0.248 e. The number of rotatable bonds is 3. The van der Waals surface area contributed by atoms with Crippen LogP contribution in [-0.4, -0.2) is 13.7 Å². The molecule has 1 rings (SSSR count). The van der Waals surface area contributed by atoms with E-state index in [1.807, 2.05) is 6.92 Å². The maximum Gasteiger partial charge on any atom is 0.248 e. The van der Waals surface area contributed by atoms with Crippen molar-refractivity contribution in [1.29, 1.82) is 5.26 Å². The second kappa shape index (κ2) is 5.25. The van der Waals surface area contributed by atoms with E-state index in [4.69, 9.17) is 16.9 Å². The highest BCUT2D eigenvalue weighted by atomic mass is 79.9. The second-order valence-electron chi connectivity index (χ2n) is 3.50. The fourth-order valence-electron chi connectivity index (χ4n) is 1.04. The van der Waals surface area contributed by atoms with Gasteiger partial charge in [-0.05, 0) is 47.5 Å². The third-order valence-corrected chi connectivity index (χ3v) is 4.75.